The van der Waals surface area contributed by atoms with Crippen molar-refractivity contribution < 1.29 is 13.2 Å². The van der Waals surface area contributed by atoms with E-state index in [2.05, 4.69) is 4.72 Å². The molecule has 1 aromatic rings. The molecular weight excluding hydrogens is 290 g/mol. The second-order valence-corrected chi connectivity index (χ2v) is 7.21. The topological polar surface area (TPSA) is 115 Å². The van der Waals surface area contributed by atoms with Crippen molar-refractivity contribution >= 4 is 21.6 Å². The first-order chi connectivity index (χ1) is 9.90. The smallest absolute Gasteiger partial charge is 0.248 e. The zero-order chi connectivity index (χ0) is 15.5. The number of carbonyl (C=O) groups is 1. The summed E-state index contributed by atoms with van der Waals surface area (Å²) >= 11 is 0. The third-order valence-corrected chi connectivity index (χ3v) is 5.37. The molecule has 0 saturated heterocycles. The molecule has 7 heteroatoms. The van der Waals surface area contributed by atoms with E-state index in [4.69, 9.17) is 11.5 Å². The first-order valence-electron chi connectivity index (χ1n) is 7.09. The van der Waals surface area contributed by atoms with Gasteiger partial charge in [0.25, 0.3) is 0 Å². The second kappa shape index (κ2) is 6.44. The Labute approximate surface area is 124 Å². The summed E-state index contributed by atoms with van der Waals surface area (Å²) < 4.78 is 27.1. The van der Waals surface area contributed by atoms with Crippen LogP contribution in [0.5, 0.6) is 0 Å². The van der Waals surface area contributed by atoms with Gasteiger partial charge in [0.2, 0.25) is 15.9 Å². The number of amides is 1. The van der Waals surface area contributed by atoms with Crippen molar-refractivity contribution in [2.45, 2.75) is 37.0 Å². The predicted molar refractivity (Wildman–Crippen MR) is 81.1 cm³/mol. The second-order valence-electron chi connectivity index (χ2n) is 5.47. The van der Waals surface area contributed by atoms with Gasteiger partial charge in [-0.1, -0.05) is 19.3 Å². The zero-order valence-electron chi connectivity index (χ0n) is 11.8. The molecule has 0 radical (unpaired) electrons. The minimum absolute atomic E-state index is 0.0108. The summed E-state index contributed by atoms with van der Waals surface area (Å²) in [5, 5.41) is 0. The summed E-state index contributed by atoms with van der Waals surface area (Å²) in [4.78, 5) is 11.0. The molecule has 0 heterocycles. The fourth-order valence-electron chi connectivity index (χ4n) is 2.64. The normalized spacial score (nSPS) is 16.8. The van der Waals surface area contributed by atoms with Gasteiger partial charge in [0.15, 0.2) is 0 Å². The van der Waals surface area contributed by atoms with Gasteiger partial charge in [0.05, 0.1) is 5.69 Å². The highest BCUT2D eigenvalue weighted by Crippen LogP contribution is 2.24. The zero-order valence-corrected chi connectivity index (χ0v) is 12.7. The Morgan fingerprint density at radius 1 is 1.24 bits per heavy atom. The predicted octanol–water partition coefficient (Wildman–Crippen LogP) is 1.23. The number of anilines is 1. The third-order valence-electron chi connectivity index (χ3n) is 3.87. The van der Waals surface area contributed by atoms with Gasteiger partial charge in [-0.2, -0.15) is 0 Å². The van der Waals surface area contributed by atoms with Crippen molar-refractivity contribution in [2.75, 3.05) is 12.3 Å². The first-order valence-corrected chi connectivity index (χ1v) is 8.57. The van der Waals surface area contributed by atoms with Crippen LogP contribution >= 0.6 is 0 Å². The maximum Gasteiger partial charge on any atom is 0.248 e. The molecule has 0 unspecified atom stereocenters. The third kappa shape index (κ3) is 3.95. The van der Waals surface area contributed by atoms with Gasteiger partial charge in [-0.05, 0) is 37.0 Å². The van der Waals surface area contributed by atoms with Gasteiger partial charge in [-0.15, -0.1) is 0 Å². The van der Waals surface area contributed by atoms with Gasteiger partial charge in [-0.25, -0.2) is 13.1 Å². The number of rotatable bonds is 5. The van der Waals surface area contributed by atoms with E-state index < -0.39 is 15.9 Å². The molecule has 0 atom stereocenters. The van der Waals surface area contributed by atoms with Crippen LogP contribution in [0.1, 0.15) is 42.5 Å². The Balaban J connectivity index is 2.10. The molecule has 6 nitrogen and oxygen atoms in total. The molecule has 0 aliphatic heterocycles. The van der Waals surface area contributed by atoms with Crippen LogP contribution in [-0.2, 0) is 10.0 Å². The molecule has 2 rings (SSSR count). The molecule has 1 aliphatic rings. The number of primary amides is 1. The van der Waals surface area contributed by atoms with Crippen molar-refractivity contribution in [2.24, 2.45) is 11.7 Å². The maximum absolute atomic E-state index is 12.3. The molecular formula is C14H21N3O3S. The van der Waals surface area contributed by atoms with Crippen LogP contribution in [-0.4, -0.2) is 20.9 Å². The molecule has 1 aromatic carbocycles. The number of hydrogen-bond donors (Lipinski definition) is 3. The molecule has 0 spiro atoms. The number of sulfonamides is 1. The van der Waals surface area contributed by atoms with Crippen molar-refractivity contribution in [3.8, 4) is 0 Å². The lowest BCUT2D eigenvalue weighted by Crippen LogP contribution is -2.31. The molecule has 1 amide bonds. The minimum Gasteiger partial charge on any atom is -0.398 e. The Kier molecular flexibility index (Phi) is 4.84. The fraction of sp³-hybridized carbons (Fsp3) is 0.500. The lowest BCUT2D eigenvalue weighted by molar-refractivity contribution is 0.1000. The average molecular weight is 311 g/mol. The van der Waals surface area contributed by atoms with E-state index in [1.165, 1.54) is 24.6 Å². The Morgan fingerprint density at radius 2 is 1.90 bits per heavy atom. The summed E-state index contributed by atoms with van der Waals surface area (Å²) in [5.41, 5.74) is 11.1. The van der Waals surface area contributed by atoms with E-state index in [9.17, 15) is 13.2 Å². The minimum atomic E-state index is -3.66. The van der Waals surface area contributed by atoms with Gasteiger partial charge in [0, 0.05) is 12.1 Å². The molecule has 1 fully saturated rings. The standard InChI is InChI=1S/C14H21N3O3S/c15-12-8-11(14(16)18)6-7-13(12)21(19,20)17-9-10-4-2-1-3-5-10/h6-8,10,17H,1-5,9,15H2,(H2,16,18). The number of carbonyl (C=O) groups excluding carboxylic acids is 1. The van der Waals surface area contributed by atoms with E-state index in [-0.39, 0.29) is 16.1 Å². The molecule has 116 valence electrons. The lowest BCUT2D eigenvalue weighted by atomic mass is 9.90. The van der Waals surface area contributed by atoms with E-state index in [0.717, 1.165) is 25.7 Å². The highest BCUT2D eigenvalue weighted by Gasteiger charge is 2.21. The Morgan fingerprint density at radius 3 is 2.48 bits per heavy atom. The van der Waals surface area contributed by atoms with Crippen molar-refractivity contribution in [3.63, 3.8) is 0 Å². The summed E-state index contributed by atoms with van der Waals surface area (Å²) in [7, 11) is -3.66. The monoisotopic (exact) mass is 311 g/mol. The number of nitrogen functional groups attached to an aromatic ring is 1. The molecule has 0 bridgehead atoms. The van der Waals surface area contributed by atoms with E-state index in [0.29, 0.717) is 12.5 Å². The summed E-state index contributed by atoms with van der Waals surface area (Å²) in [6.45, 7) is 0.430. The highest BCUT2D eigenvalue weighted by atomic mass is 32.2. The molecule has 21 heavy (non-hydrogen) atoms. The number of nitrogens with two attached hydrogens (primary N) is 2. The van der Waals surface area contributed by atoms with Gasteiger partial charge < -0.3 is 11.5 Å². The lowest BCUT2D eigenvalue weighted by Gasteiger charge is -2.21. The van der Waals surface area contributed by atoms with Crippen LogP contribution in [0.25, 0.3) is 0 Å². The number of hydrogen-bond acceptors (Lipinski definition) is 4. The van der Waals surface area contributed by atoms with Crippen LogP contribution in [0.3, 0.4) is 0 Å². The van der Waals surface area contributed by atoms with Gasteiger partial charge in [0.1, 0.15) is 4.90 Å². The van der Waals surface area contributed by atoms with Crippen LogP contribution < -0.4 is 16.2 Å². The molecule has 0 aromatic heterocycles. The van der Waals surface area contributed by atoms with E-state index >= 15 is 0 Å². The van der Waals surface area contributed by atoms with Gasteiger partial charge >= 0.3 is 0 Å². The van der Waals surface area contributed by atoms with Gasteiger partial charge in [-0.3, -0.25) is 4.79 Å². The number of nitrogens with one attached hydrogen (secondary N) is 1. The fourth-order valence-corrected chi connectivity index (χ4v) is 3.87. The van der Waals surface area contributed by atoms with E-state index in [1.807, 2.05) is 0 Å². The maximum atomic E-state index is 12.3. The van der Waals surface area contributed by atoms with E-state index in [1.54, 1.807) is 0 Å². The highest BCUT2D eigenvalue weighted by molar-refractivity contribution is 7.89. The largest absolute Gasteiger partial charge is 0.398 e. The van der Waals surface area contributed by atoms with Crippen molar-refractivity contribution in [3.05, 3.63) is 23.8 Å². The summed E-state index contributed by atoms with van der Waals surface area (Å²) in [6.07, 6.45) is 5.64. The van der Waals surface area contributed by atoms with Crippen LogP contribution in [0, 0.1) is 5.92 Å². The van der Waals surface area contributed by atoms with Crippen LogP contribution in [0.4, 0.5) is 5.69 Å². The first kappa shape index (κ1) is 15.8. The van der Waals surface area contributed by atoms with Crippen LogP contribution in [0.2, 0.25) is 0 Å². The molecule has 5 N–H and O–H groups in total. The number of benzene rings is 1. The van der Waals surface area contributed by atoms with Crippen LogP contribution in [0.15, 0.2) is 23.1 Å². The Bertz CT molecular complexity index is 622. The quantitative estimate of drug-likeness (QED) is 0.709. The molecule has 1 saturated carbocycles. The Hall–Kier alpha value is -1.60. The molecule has 1 aliphatic carbocycles. The summed E-state index contributed by atoms with van der Waals surface area (Å²) in [6, 6.07) is 3.98. The van der Waals surface area contributed by atoms with Crippen molar-refractivity contribution in [1.29, 1.82) is 0 Å². The average Bonchev–Trinajstić information content (AvgIpc) is 2.46. The van der Waals surface area contributed by atoms with Crippen molar-refractivity contribution in [1.82, 2.24) is 4.72 Å². The summed E-state index contributed by atoms with van der Waals surface area (Å²) in [5.74, 6) is -0.250. The SMILES string of the molecule is NC(=O)c1ccc(S(=O)(=O)NCC2CCCCC2)c(N)c1.